The van der Waals surface area contributed by atoms with Crippen LogP contribution in [-0.2, 0) is 11.8 Å². The van der Waals surface area contributed by atoms with Crippen LogP contribution in [0.25, 0.3) is 0 Å². The van der Waals surface area contributed by atoms with Crippen molar-refractivity contribution in [2.45, 2.75) is 13.8 Å². The summed E-state index contributed by atoms with van der Waals surface area (Å²) < 4.78 is 6.44. The van der Waals surface area contributed by atoms with E-state index in [0.29, 0.717) is 5.69 Å². The molecule has 0 bridgehead atoms. The summed E-state index contributed by atoms with van der Waals surface area (Å²) in [5, 5.41) is 0. The molecular formula is C9H13NO2. The van der Waals surface area contributed by atoms with Crippen LogP contribution in [0.15, 0.2) is 6.20 Å². The van der Waals surface area contributed by atoms with Gasteiger partial charge in [0.05, 0.1) is 7.11 Å². The molecule has 0 amide bonds. The first-order valence-corrected chi connectivity index (χ1v) is 3.78. The van der Waals surface area contributed by atoms with Crippen LogP contribution >= 0.6 is 0 Å². The number of carbonyl (C=O) groups is 1. The zero-order chi connectivity index (χ0) is 9.30. The van der Waals surface area contributed by atoms with E-state index in [2.05, 4.69) is 4.74 Å². The fourth-order valence-electron chi connectivity index (χ4n) is 1.30. The van der Waals surface area contributed by atoms with Crippen molar-refractivity contribution in [3.8, 4) is 0 Å². The Balaban J connectivity index is 3.22. The van der Waals surface area contributed by atoms with Crippen molar-refractivity contribution >= 4 is 5.97 Å². The number of esters is 1. The third kappa shape index (κ3) is 1.22. The number of methoxy groups -OCH3 is 1. The van der Waals surface area contributed by atoms with E-state index in [1.165, 1.54) is 7.11 Å². The summed E-state index contributed by atoms with van der Waals surface area (Å²) >= 11 is 0. The lowest BCUT2D eigenvalue weighted by Crippen LogP contribution is -2.08. The van der Waals surface area contributed by atoms with Gasteiger partial charge in [0.25, 0.3) is 0 Å². The minimum atomic E-state index is -0.275. The lowest BCUT2D eigenvalue weighted by Gasteiger charge is -2.01. The third-order valence-electron chi connectivity index (χ3n) is 2.07. The molecule has 0 saturated carbocycles. The summed E-state index contributed by atoms with van der Waals surface area (Å²) in [4.78, 5) is 11.2. The Morgan fingerprint density at radius 2 is 2.08 bits per heavy atom. The molecule has 1 aromatic heterocycles. The number of aromatic nitrogens is 1. The Labute approximate surface area is 72.0 Å². The van der Waals surface area contributed by atoms with Gasteiger partial charge in [-0.05, 0) is 25.0 Å². The molecule has 0 aliphatic heterocycles. The largest absolute Gasteiger partial charge is 0.464 e. The molecule has 0 aliphatic carbocycles. The van der Waals surface area contributed by atoms with Gasteiger partial charge in [0.15, 0.2) is 0 Å². The average Bonchev–Trinajstić information content (AvgIpc) is 2.26. The fourth-order valence-corrected chi connectivity index (χ4v) is 1.30. The molecule has 66 valence electrons. The predicted molar refractivity (Wildman–Crippen MR) is 46.2 cm³/mol. The van der Waals surface area contributed by atoms with Crippen molar-refractivity contribution in [2.75, 3.05) is 7.11 Å². The van der Waals surface area contributed by atoms with Gasteiger partial charge in [-0.15, -0.1) is 0 Å². The predicted octanol–water partition coefficient (Wildman–Crippen LogP) is 1.43. The monoisotopic (exact) mass is 167 g/mol. The second kappa shape index (κ2) is 3.01. The van der Waals surface area contributed by atoms with Gasteiger partial charge in [0, 0.05) is 13.2 Å². The van der Waals surface area contributed by atoms with Crippen molar-refractivity contribution in [3.05, 3.63) is 23.0 Å². The summed E-state index contributed by atoms with van der Waals surface area (Å²) in [7, 11) is 3.23. The van der Waals surface area contributed by atoms with E-state index >= 15 is 0 Å². The number of ether oxygens (including phenoxy) is 1. The van der Waals surface area contributed by atoms with Gasteiger partial charge in [-0.3, -0.25) is 0 Å². The van der Waals surface area contributed by atoms with E-state index in [0.717, 1.165) is 11.1 Å². The quantitative estimate of drug-likeness (QED) is 0.592. The summed E-state index contributed by atoms with van der Waals surface area (Å²) in [6, 6.07) is 0. The lowest BCUT2D eigenvalue weighted by molar-refractivity contribution is 0.0589. The van der Waals surface area contributed by atoms with Gasteiger partial charge >= 0.3 is 5.97 Å². The van der Waals surface area contributed by atoms with Gasteiger partial charge in [-0.1, -0.05) is 0 Å². The normalized spacial score (nSPS) is 10.0. The zero-order valence-electron chi connectivity index (χ0n) is 7.84. The van der Waals surface area contributed by atoms with E-state index in [9.17, 15) is 4.79 Å². The Morgan fingerprint density at radius 1 is 1.50 bits per heavy atom. The van der Waals surface area contributed by atoms with Crippen molar-refractivity contribution in [1.29, 1.82) is 0 Å². The van der Waals surface area contributed by atoms with Crippen LogP contribution in [0.3, 0.4) is 0 Å². The molecular weight excluding hydrogens is 154 g/mol. The number of hydrogen-bond donors (Lipinski definition) is 0. The molecule has 3 nitrogen and oxygen atoms in total. The third-order valence-corrected chi connectivity index (χ3v) is 2.07. The molecule has 0 atom stereocenters. The van der Waals surface area contributed by atoms with Crippen LogP contribution < -0.4 is 0 Å². The van der Waals surface area contributed by atoms with Crippen LogP contribution in [0.2, 0.25) is 0 Å². The SMILES string of the molecule is COC(=O)c1c(C)c(C)cn1C. The lowest BCUT2D eigenvalue weighted by atomic mass is 10.2. The smallest absolute Gasteiger partial charge is 0.354 e. The minimum Gasteiger partial charge on any atom is -0.464 e. The average molecular weight is 167 g/mol. The number of hydrogen-bond acceptors (Lipinski definition) is 2. The Kier molecular flexibility index (Phi) is 2.22. The number of carbonyl (C=O) groups excluding carboxylic acids is 1. The highest BCUT2D eigenvalue weighted by Gasteiger charge is 2.14. The summed E-state index contributed by atoms with van der Waals surface area (Å²) in [5.41, 5.74) is 2.73. The number of aryl methyl sites for hydroxylation is 2. The van der Waals surface area contributed by atoms with Gasteiger partial charge in [-0.2, -0.15) is 0 Å². The summed E-state index contributed by atoms with van der Waals surface area (Å²) in [6.07, 6.45) is 1.92. The Hall–Kier alpha value is -1.25. The molecule has 0 radical (unpaired) electrons. The van der Waals surface area contributed by atoms with E-state index in [-0.39, 0.29) is 5.97 Å². The van der Waals surface area contributed by atoms with Crippen LogP contribution in [0, 0.1) is 13.8 Å². The number of rotatable bonds is 1. The van der Waals surface area contributed by atoms with Crippen LogP contribution in [0.4, 0.5) is 0 Å². The van der Waals surface area contributed by atoms with E-state index in [1.807, 2.05) is 27.1 Å². The maximum absolute atomic E-state index is 11.2. The molecule has 0 saturated heterocycles. The van der Waals surface area contributed by atoms with Crippen molar-refractivity contribution < 1.29 is 9.53 Å². The fraction of sp³-hybridized carbons (Fsp3) is 0.444. The van der Waals surface area contributed by atoms with Crippen molar-refractivity contribution in [1.82, 2.24) is 4.57 Å². The zero-order valence-corrected chi connectivity index (χ0v) is 7.84. The number of nitrogens with zero attached hydrogens (tertiary/aromatic N) is 1. The highest BCUT2D eigenvalue weighted by atomic mass is 16.5. The van der Waals surface area contributed by atoms with Gasteiger partial charge in [0.2, 0.25) is 0 Å². The first kappa shape index (κ1) is 8.84. The van der Waals surface area contributed by atoms with Crippen LogP contribution in [0.5, 0.6) is 0 Å². The van der Waals surface area contributed by atoms with Crippen molar-refractivity contribution in [3.63, 3.8) is 0 Å². The molecule has 0 N–H and O–H groups in total. The first-order chi connectivity index (χ1) is 5.57. The summed E-state index contributed by atoms with van der Waals surface area (Å²) in [6.45, 7) is 3.89. The second-order valence-electron chi connectivity index (χ2n) is 2.89. The second-order valence-corrected chi connectivity index (χ2v) is 2.89. The maximum Gasteiger partial charge on any atom is 0.354 e. The minimum absolute atomic E-state index is 0.275. The van der Waals surface area contributed by atoms with Crippen LogP contribution in [-0.4, -0.2) is 17.6 Å². The molecule has 12 heavy (non-hydrogen) atoms. The molecule has 3 heteroatoms. The standard InChI is InChI=1S/C9H13NO2/c1-6-5-10(3)8(7(6)2)9(11)12-4/h5H,1-4H3. The highest BCUT2D eigenvalue weighted by molar-refractivity contribution is 5.89. The van der Waals surface area contributed by atoms with E-state index in [1.54, 1.807) is 4.57 Å². The Bertz CT molecular complexity index is 313. The van der Waals surface area contributed by atoms with E-state index < -0.39 is 0 Å². The molecule has 1 rings (SSSR count). The molecule has 0 unspecified atom stereocenters. The van der Waals surface area contributed by atoms with Gasteiger partial charge in [-0.25, -0.2) is 4.79 Å². The molecule has 0 spiro atoms. The Morgan fingerprint density at radius 3 is 2.42 bits per heavy atom. The summed E-state index contributed by atoms with van der Waals surface area (Å²) in [5.74, 6) is -0.275. The van der Waals surface area contributed by atoms with Crippen molar-refractivity contribution in [2.24, 2.45) is 7.05 Å². The van der Waals surface area contributed by atoms with Crippen LogP contribution in [0.1, 0.15) is 21.6 Å². The molecule has 1 heterocycles. The van der Waals surface area contributed by atoms with Gasteiger partial charge < -0.3 is 9.30 Å². The maximum atomic E-state index is 11.2. The molecule has 0 aromatic carbocycles. The highest BCUT2D eigenvalue weighted by Crippen LogP contribution is 2.14. The first-order valence-electron chi connectivity index (χ1n) is 3.78. The van der Waals surface area contributed by atoms with Gasteiger partial charge in [0.1, 0.15) is 5.69 Å². The topological polar surface area (TPSA) is 31.2 Å². The molecule has 0 aliphatic rings. The molecule has 1 aromatic rings. The molecule has 0 fully saturated rings. The van der Waals surface area contributed by atoms with E-state index in [4.69, 9.17) is 0 Å².